The van der Waals surface area contributed by atoms with Crippen molar-refractivity contribution in [3.05, 3.63) is 17.0 Å². The maximum atomic E-state index is 6.14. The Morgan fingerprint density at radius 1 is 1.35 bits per heavy atom. The van der Waals surface area contributed by atoms with Gasteiger partial charge in [-0.3, -0.25) is 0 Å². The Kier molecular flexibility index (Phi) is 3.52. The lowest BCUT2D eigenvalue weighted by atomic mass is 10.0. The number of ether oxygens (including phenoxy) is 2. The first-order chi connectivity index (χ1) is 9.54. The molecule has 0 saturated carbocycles. The van der Waals surface area contributed by atoms with Crippen molar-refractivity contribution in [3.8, 4) is 5.88 Å². The van der Waals surface area contributed by atoms with Gasteiger partial charge in [-0.25, -0.2) is 0 Å². The van der Waals surface area contributed by atoms with E-state index in [1.54, 1.807) is 4.52 Å². The second-order valence-electron chi connectivity index (χ2n) is 5.27. The first-order valence-corrected chi connectivity index (χ1v) is 7.10. The molecule has 1 aliphatic heterocycles. The van der Waals surface area contributed by atoms with E-state index in [1.807, 2.05) is 6.92 Å². The van der Waals surface area contributed by atoms with Gasteiger partial charge in [0.2, 0.25) is 5.88 Å². The van der Waals surface area contributed by atoms with E-state index in [2.05, 4.69) is 28.9 Å². The van der Waals surface area contributed by atoms with Gasteiger partial charge < -0.3 is 9.47 Å². The standard InChI is InChI=1S/C13H17ClN4O2/c1-7-4-10(5-8(2)19-7)20-12-9(3)11(14)17-13-15-6-16-18(12)13/h6-8,10H,4-5H2,1-3H3. The molecule has 2 aromatic heterocycles. The Morgan fingerprint density at radius 2 is 2.05 bits per heavy atom. The van der Waals surface area contributed by atoms with Crippen molar-refractivity contribution in [1.29, 1.82) is 0 Å². The van der Waals surface area contributed by atoms with Crippen molar-refractivity contribution in [2.75, 3.05) is 0 Å². The number of halogens is 1. The first-order valence-electron chi connectivity index (χ1n) is 6.72. The van der Waals surface area contributed by atoms with Crippen LogP contribution in [0.15, 0.2) is 6.33 Å². The van der Waals surface area contributed by atoms with Crippen LogP contribution in [-0.4, -0.2) is 37.9 Å². The van der Waals surface area contributed by atoms with Gasteiger partial charge in [0.25, 0.3) is 5.78 Å². The van der Waals surface area contributed by atoms with Crippen LogP contribution in [0.4, 0.5) is 0 Å². The molecule has 0 N–H and O–H groups in total. The van der Waals surface area contributed by atoms with E-state index in [0.29, 0.717) is 16.8 Å². The van der Waals surface area contributed by atoms with E-state index >= 15 is 0 Å². The summed E-state index contributed by atoms with van der Waals surface area (Å²) in [5.41, 5.74) is 0.775. The van der Waals surface area contributed by atoms with E-state index in [0.717, 1.165) is 18.4 Å². The maximum absolute atomic E-state index is 6.14. The van der Waals surface area contributed by atoms with Crippen LogP contribution < -0.4 is 4.74 Å². The Labute approximate surface area is 122 Å². The van der Waals surface area contributed by atoms with Crippen LogP contribution in [0.2, 0.25) is 5.15 Å². The molecule has 1 saturated heterocycles. The van der Waals surface area contributed by atoms with Gasteiger partial charge in [-0.1, -0.05) is 11.6 Å². The molecule has 3 rings (SSSR count). The third-order valence-corrected chi connectivity index (χ3v) is 3.85. The van der Waals surface area contributed by atoms with E-state index < -0.39 is 0 Å². The molecule has 0 bridgehead atoms. The molecule has 0 amide bonds. The lowest BCUT2D eigenvalue weighted by molar-refractivity contribution is -0.0735. The number of rotatable bonds is 2. The highest BCUT2D eigenvalue weighted by atomic mass is 35.5. The Morgan fingerprint density at radius 3 is 2.75 bits per heavy atom. The fourth-order valence-corrected chi connectivity index (χ4v) is 2.77. The van der Waals surface area contributed by atoms with Crippen molar-refractivity contribution in [3.63, 3.8) is 0 Å². The number of fused-ring (bicyclic) bond motifs is 1. The van der Waals surface area contributed by atoms with Gasteiger partial charge in [0.05, 0.1) is 12.2 Å². The summed E-state index contributed by atoms with van der Waals surface area (Å²) in [6.45, 7) is 5.99. The van der Waals surface area contributed by atoms with E-state index in [-0.39, 0.29) is 18.3 Å². The monoisotopic (exact) mass is 296 g/mol. The topological polar surface area (TPSA) is 61.5 Å². The van der Waals surface area contributed by atoms with Crippen LogP contribution in [0.3, 0.4) is 0 Å². The van der Waals surface area contributed by atoms with Crippen LogP contribution in [0.1, 0.15) is 32.3 Å². The molecule has 0 spiro atoms. The number of aromatic nitrogens is 4. The van der Waals surface area contributed by atoms with E-state index in [1.165, 1.54) is 6.33 Å². The van der Waals surface area contributed by atoms with Gasteiger partial charge in [-0.05, 0) is 20.8 Å². The predicted octanol–water partition coefficient (Wildman–Crippen LogP) is 2.42. The zero-order chi connectivity index (χ0) is 14.3. The lowest BCUT2D eigenvalue weighted by Crippen LogP contribution is -2.36. The summed E-state index contributed by atoms with van der Waals surface area (Å²) in [5.74, 6) is 1.06. The molecule has 2 unspecified atom stereocenters. The van der Waals surface area contributed by atoms with Crippen molar-refractivity contribution >= 4 is 17.4 Å². The van der Waals surface area contributed by atoms with Crippen molar-refractivity contribution in [2.45, 2.75) is 51.9 Å². The van der Waals surface area contributed by atoms with Crippen molar-refractivity contribution < 1.29 is 9.47 Å². The van der Waals surface area contributed by atoms with Gasteiger partial charge in [0, 0.05) is 18.4 Å². The Bertz CT molecular complexity index is 620. The minimum Gasteiger partial charge on any atom is -0.474 e. The predicted molar refractivity (Wildman–Crippen MR) is 74.2 cm³/mol. The summed E-state index contributed by atoms with van der Waals surface area (Å²) in [4.78, 5) is 8.22. The Balaban J connectivity index is 1.93. The minimum absolute atomic E-state index is 0.0818. The normalized spacial score (nSPS) is 26.9. The summed E-state index contributed by atoms with van der Waals surface area (Å²) < 4.78 is 13.5. The van der Waals surface area contributed by atoms with Crippen LogP contribution in [0.25, 0.3) is 5.78 Å². The van der Waals surface area contributed by atoms with Gasteiger partial charge in [-0.15, -0.1) is 0 Å². The zero-order valence-electron chi connectivity index (χ0n) is 11.7. The molecule has 2 aromatic rings. The lowest BCUT2D eigenvalue weighted by Gasteiger charge is -2.32. The average molecular weight is 297 g/mol. The van der Waals surface area contributed by atoms with E-state index in [9.17, 15) is 0 Å². The smallest absolute Gasteiger partial charge is 0.256 e. The minimum atomic E-state index is 0.0818. The molecule has 108 valence electrons. The van der Waals surface area contributed by atoms with Gasteiger partial charge in [-0.2, -0.15) is 19.6 Å². The molecule has 2 atom stereocenters. The molecule has 0 radical (unpaired) electrons. The molecule has 1 aliphatic rings. The summed E-state index contributed by atoms with van der Waals surface area (Å²) >= 11 is 6.13. The maximum Gasteiger partial charge on any atom is 0.256 e. The molecule has 6 nitrogen and oxygen atoms in total. The van der Waals surface area contributed by atoms with Crippen LogP contribution in [-0.2, 0) is 4.74 Å². The van der Waals surface area contributed by atoms with Crippen molar-refractivity contribution in [2.24, 2.45) is 0 Å². The number of nitrogens with zero attached hydrogens (tertiary/aromatic N) is 4. The summed E-state index contributed by atoms with van der Waals surface area (Å²) in [7, 11) is 0. The fraction of sp³-hybridized carbons (Fsp3) is 0.615. The second kappa shape index (κ2) is 5.18. The third kappa shape index (κ3) is 2.45. The second-order valence-corrected chi connectivity index (χ2v) is 5.63. The third-order valence-electron chi connectivity index (χ3n) is 3.48. The molecule has 0 aliphatic carbocycles. The van der Waals surface area contributed by atoms with Crippen molar-refractivity contribution in [1.82, 2.24) is 19.6 Å². The Hall–Kier alpha value is -1.40. The molecular weight excluding hydrogens is 280 g/mol. The SMILES string of the molecule is Cc1c(Cl)nc2ncnn2c1OC1CC(C)OC(C)C1. The summed E-state index contributed by atoms with van der Waals surface area (Å²) in [6, 6.07) is 0. The van der Waals surface area contributed by atoms with Crippen LogP contribution >= 0.6 is 11.6 Å². The van der Waals surface area contributed by atoms with E-state index in [4.69, 9.17) is 21.1 Å². The quantitative estimate of drug-likeness (QED) is 0.797. The number of hydrogen-bond donors (Lipinski definition) is 0. The molecule has 3 heterocycles. The zero-order valence-corrected chi connectivity index (χ0v) is 12.5. The molecule has 7 heteroatoms. The number of hydrogen-bond acceptors (Lipinski definition) is 5. The molecule has 1 fully saturated rings. The highest BCUT2D eigenvalue weighted by Crippen LogP contribution is 2.29. The first kappa shape index (κ1) is 13.6. The summed E-state index contributed by atoms with van der Waals surface area (Å²) in [6.07, 6.45) is 3.60. The van der Waals surface area contributed by atoms with Crippen LogP contribution in [0.5, 0.6) is 5.88 Å². The average Bonchev–Trinajstić information content (AvgIpc) is 2.81. The van der Waals surface area contributed by atoms with Gasteiger partial charge in [0.15, 0.2) is 0 Å². The van der Waals surface area contributed by atoms with Gasteiger partial charge >= 0.3 is 0 Å². The highest BCUT2D eigenvalue weighted by molar-refractivity contribution is 6.30. The molecule has 20 heavy (non-hydrogen) atoms. The molecular formula is C13H17ClN4O2. The summed E-state index contributed by atoms with van der Waals surface area (Å²) in [5, 5.41) is 4.55. The van der Waals surface area contributed by atoms with Crippen LogP contribution in [0, 0.1) is 6.92 Å². The molecule has 0 aromatic carbocycles. The van der Waals surface area contributed by atoms with Gasteiger partial charge in [0.1, 0.15) is 17.6 Å². The fourth-order valence-electron chi connectivity index (χ4n) is 2.61. The highest BCUT2D eigenvalue weighted by Gasteiger charge is 2.27. The largest absolute Gasteiger partial charge is 0.474 e.